The molecule has 2 atom stereocenters. The summed E-state index contributed by atoms with van der Waals surface area (Å²) >= 11 is 0. The minimum absolute atomic E-state index is 0.104. The maximum absolute atomic E-state index is 10.9. The number of ketones is 1. The Morgan fingerprint density at radius 1 is 1.70 bits per heavy atom. The highest BCUT2D eigenvalue weighted by molar-refractivity contribution is 5.79. The quantitative estimate of drug-likeness (QED) is 0.595. The van der Waals surface area contributed by atoms with Crippen molar-refractivity contribution in [3.8, 4) is 0 Å². The van der Waals surface area contributed by atoms with Crippen molar-refractivity contribution in [1.29, 1.82) is 0 Å². The van der Waals surface area contributed by atoms with Gasteiger partial charge in [-0.3, -0.25) is 4.79 Å². The summed E-state index contributed by atoms with van der Waals surface area (Å²) in [6, 6.07) is 0. The third-order valence-electron chi connectivity index (χ3n) is 2.42. The van der Waals surface area contributed by atoms with Gasteiger partial charge in [0.15, 0.2) is 0 Å². The topological polar surface area (TPSA) is 37.3 Å². The van der Waals surface area contributed by atoms with Crippen LogP contribution in [0.4, 0.5) is 0 Å². The second-order valence-corrected chi connectivity index (χ2v) is 3.41. The highest BCUT2D eigenvalue weighted by atomic mass is 16.3. The second kappa shape index (κ2) is 2.35. The zero-order chi connectivity index (χ0) is 7.78. The van der Waals surface area contributed by atoms with Crippen LogP contribution in [0.25, 0.3) is 0 Å². The highest BCUT2D eigenvalue weighted by Crippen LogP contribution is 2.35. The van der Waals surface area contributed by atoms with Crippen LogP contribution in [0.3, 0.4) is 0 Å². The first kappa shape index (κ1) is 7.73. The zero-order valence-electron chi connectivity index (χ0n) is 6.55. The van der Waals surface area contributed by atoms with E-state index in [1.807, 2.05) is 0 Å². The van der Waals surface area contributed by atoms with Gasteiger partial charge in [-0.05, 0) is 33.1 Å². The molecule has 2 nitrogen and oxygen atoms in total. The Kier molecular flexibility index (Phi) is 1.82. The van der Waals surface area contributed by atoms with Crippen LogP contribution in [0.1, 0.15) is 33.1 Å². The standard InChI is InChI=1S/C8H14O2/c1-6(9)7-4-3-5-8(7,2)10/h7,10H,3-5H2,1-2H3/t7-,8-/m0/s1. The number of rotatable bonds is 1. The van der Waals surface area contributed by atoms with Crippen molar-refractivity contribution >= 4 is 5.78 Å². The molecule has 1 rings (SSSR count). The van der Waals surface area contributed by atoms with Crippen molar-refractivity contribution in [2.24, 2.45) is 5.92 Å². The lowest BCUT2D eigenvalue weighted by Crippen LogP contribution is -2.33. The number of carbonyl (C=O) groups is 1. The molecule has 1 aliphatic carbocycles. The van der Waals surface area contributed by atoms with Gasteiger partial charge in [0.2, 0.25) is 0 Å². The summed E-state index contributed by atoms with van der Waals surface area (Å²) in [5.74, 6) is 0.0231. The molecule has 0 unspecified atom stereocenters. The molecule has 1 saturated carbocycles. The lowest BCUT2D eigenvalue weighted by atomic mass is 9.90. The fourth-order valence-electron chi connectivity index (χ4n) is 1.79. The van der Waals surface area contributed by atoms with Gasteiger partial charge in [0.1, 0.15) is 5.78 Å². The molecule has 0 saturated heterocycles. The Balaban J connectivity index is 2.68. The molecular weight excluding hydrogens is 128 g/mol. The van der Waals surface area contributed by atoms with Gasteiger partial charge in [0.05, 0.1) is 5.60 Å². The monoisotopic (exact) mass is 142 g/mol. The van der Waals surface area contributed by atoms with Gasteiger partial charge >= 0.3 is 0 Å². The summed E-state index contributed by atoms with van der Waals surface area (Å²) in [6.45, 7) is 3.32. The van der Waals surface area contributed by atoms with Gasteiger partial charge in [-0.25, -0.2) is 0 Å². The molecule has 58 valence electrons. The van der Waals surface area contributed by atoms with E-state index in [0.29, 0.717) is 0 Å². The Labute approximate surface area is 61.2 Å². The molecule has 0 aromatic carbocycles. The van der Waals surface area contributed by atoms with Crippen molar-refractivity contribution in [3.05, 3.63) is 0 Å². The molecule has 0 aromatic rings. The second-order valence-electron chi connectivity index (χ2n) is 3.41. The summed E-state index contributed by atoms with van der Waals surface area (Å²) in [5, 5.41) is 9.60. The van der Waals surface area contributed by atoms with E-state index >= 15 is 0 Å². The maximum Gasteiger partial charge on any atom is 0.135 e. The average molecular weight is 142 g/mol. The fraction of sp³-hybridized carbons (Fsp3) is 0.875. The Bertz CT molecular complexity index is 149. The summed E-state index contributed by atoms with van der Waals surface area (Å²) in [4.78, 5) is 10.9. The van der Waals surface area contributed by atoms with Crippen LogP contribution in [-0.4, -0.2) is 16.5 Å². The van der Waals surface area contributed by atoms with Crippen LogP contribution < -0.4 is 0 Å². The molecule has 0 spiro atoms. The van der Waals surface area contributed by atoms with Gasteiger partial charge in [0.25, 0.3) is 0 Å². The molecule has 0 aromatic heterocycles. The van der Waals surface area contributed by atoms with E-state index in [0.717, 1.165) is 19.3 Å². The van der Waals surface area contributed by atoms with Crippen molar-refractivity contribution in [2.75, 3.05) is 0 Å². The Morgan fingerprint density at radius 2 is 2.30 bits per heavy atom. The van der Waals surface area contributed by atoms with E-state index in [1.165, 1.54) is 0 Å². The molecule has 0 aliphatic heterocycles. The minimum atomic E-state index is -0.716. The van der Waals surface area contributed by atoms with Crippen LogP contribution in [-0.2, 0) is 4.79 Å². The lowest BCUT2D eigenvalue weighted by Gasteiger charge is -2.22. The molecule has 2 heteroatoms. The first-order chi connectivity index (χ1) is 4.54. The van der Waals surface area contributed by atoms with Gasteiger partial charge in [0, 0.05) is 5.92 Å². The van der Waals surface area contributed by atoms with E-state index in [9.17, 15) is 9.90 Å². The minimum Gasteiger partial charge on any atom is -0.389 e. The normalized spacial score (nSPS) is 40.1. The zero-order valence-corrected chi connectivity index (χ0v) is 6.55. The number of carbonyl (C=O) groups excluding carboxylic acids is 1. The predicted octanol–water partition coefficient (Wildman–Crippen LogP) is 1.13. The van der Waals surface area contributed by atoms with E-state index in [1.54, 1.807) is 13.8 Å². The lowest BCUT2D eigenvalue weighted by molar-refractivity contribution is -0.126. The van der Waals surface area contributed by atoms with Crippen molar-refractivity contribution in [2.45, 2.75) is 38.7 Å². The molecule has 1 N–H and O–H groups in total. The van der Waals surface area contributed by atoms with Gasteiger partial charge < -0.3 is 5.11 Å². The van der Waals surface area contributed by atoms with E-state index in [4.69, 9.17) is 0 Å². The van der Waals surface area contributed by atoms with Crippen LogP contribution >= 0.6 is 0 Å². The molecule has 1 aliphatic rings. The maximum atomic E-state index is 10.9. The molecule has 0 radical (unpaired) electrons. The van der Waals surface area contributed by atoms with Crippen LogP contribution in [0, 0.1) is 5.92 Å². The number of hydrogen-bond donors (Lipinski definition) is 1. The molecule has 0 heterocycles. The molecule has 10 heavy (non-hydrogen) atoms. The smallest absolute Gasteiger partial charge is 0.135 e. The third kappa shape index (κ3) is 1.21. The Morgan fingerprint density at radius 3 is 2.50 bits per heavy atom. The largest absolute Gasteiger partial charge is 0.389 e. The van der Waals surface area contributed by atoms with E-state index in [-0.39, 0.29) is 11.7 Å². The number of aliphatic hydroxyl groups is 1. The first-order valence-electron chi connectivity index (χ1n) is 3.77. The third-order valence-corrected chi connectivity index (χ3v) is 2.42. The van der Waals surface area contributed by atoms with Crippen molar-refractivity contribution < 1.29 is 9.90 Å². The van der Waals surface area contributed by atoms with Crippen LogP contribution in [0.2, 0.25) is 0 Å². The summed E-state index contributed by atoms with van der Waals surface area (Å²) in [6.07, 6.45) is 2.62. The Hall–Kier alpha value is -0.370. The summed E-state index contributed by atoms with van der Waals surface area (Å²) in [7, 11) is 0. The van der Waals surface area contributed by atoms with Gasteiger partial charge in [-0.2, -0.15) is 0 Å². The summed E-state index contributed by atoms with van der Waals surface area (Å²) in [5.41, 5.74) is -0.716. The number of hydrogen-bond acceptors (Lipinski definition) is 2. The first-order valence-corrected chi connectivity index (χ1v) is 3.77. The molecular formula is C8H14O2. The fourth-order valence-corrected chi connectivity index (χ4v) is 1.79. The average Bonchev–Trinajstić information content (AvgIpc) is 2.08. The summed E-state index contributed by atoms with van der Waals surface area (Å²) < 4.78 is 0. The van der Waals surface area contributed by atoms with Crippen molar-refractivity contribution in [3.63, 3.8) is 0 Å². The number of Topliss-reactive ketones (excluding diaryl/α,β-unsaturated/α-hetero) is 1. The van der Waals surface area contributed by atoms with Gasteiger partial charge in [-0.1, -0.05) is 0 Å². The van der Waals surface area contributed by atoms with Crippen LogP contribution in [0.5, 0.6) is 0 Å². The van der Waals surface area contributed by atoms with Crippen molar-refractivity contribution in [1.82, 2.24) is 0 Å². The van der Waals surface area contributed by atoms with Crippen LogP contribution in [0.15, 0.2) is 0 Å². The van der Waals surface area contributed by atoms with E-state index in [2.05, 4.69) is 0 Å². The molecule has 0 bridgehead atoms. The predicted molar refractivity (Wildman–Crippen MR) is 38.6 cm³/mol. The SMILES string of the molecule is CC(=O)[C@@H]1CCC[C@]1(C)O. The molecule has 0 amide bonds. The highest BCUT2D eigenvalue weighted by Gasteiger charge is 2.39. The van der Waals surface area contributed by atoms with Gasteiger partial charge in [-0.15, -0.1) is 0 Å². The van der Waals surface area contributed by atoms with E-state index < -0.39 is 5.60 Å². The molecule has 1 fully saturated rings.